The van der Waals surface area contributed by atoms with Crippen molar-refractivity contribution in [1.82, 2.24) is 0 Å². The first-order valence-electron chi connectivity index (χ1n) is 8.86. The van der Waals surface area contributed by atoms with Crippen LogP contribution >= 0.6 is 0 Å². The molecule has 0 spiro atoms. The molecular weight excluding hydrogens is 575 g/mol. The van der Waals surface area contributed by atoms with Crippen molar-refractivity contribution in [2.45, 2.75) is 0 Å². The molecule has 2 nitrogen and oxygen atoms in total. The molecule has 28 heavy (non-hydrogen) atoms. The number of para-hydroxylation sites is 2. The summed E-state index contributed by atoms with van der Waals surface area (Å²) in [6, 6.07) is 37.0. The zero-order chi connectivity index (χ0) is 19.0. The van der Waals surface area contributed by atoms with Crippen LogP contribution in [-0.2, 0) is 0 Å². The van der Waals surface area contributed by atoms with Crippen molar-refractivity contribution in [2.75, 3.05) is 0 Å². The van der Waals surface area contributed by atoms with Crippen molar-refractivity contribution >= 4 is 41.3 Å². The van der Waals surface area contributed by atoms with Gasteiger partial charge in [-0.1, -0.05) is 0 Å². The van der Waals surface area contributed by atoms with Crippen LogP contribution in [0.3, 0.4) is 0 Å². The standard InChI is InChI=1S/C24H18O2Te2/c1-3-7-19(8-4-1)25-21-11-15-23(16-12-21)27-28-24-17-13-22(14-18-24)26-20-9-5-2-6-10-20/h1-18H. The molecule has 0 saturated carbocycles. The van der Waals surface area contributed by atoms with E-state index in [2.05, 4.69) is 48.5 Å². The SMILES string of the molecule is c1ccc(Oc2ccc([Te][Te]c3ccc(Oc4ccccc4)cc3)cc2)cc1. The average Bonchev–Trinajstić information content (AvgIpc) is 2.76. The first kappa shape index (κ1) is 19.4. The molecule has 0 unspecified atom stereocenters. The maximum atomic E-state index is 5.87. The van der Waals surface area contributed by atoms with Crippen LogP contribution in [0, 0.1) is 0 Å². The molecule has 0 bridgehead atoms. The number of rotatable bonds is 7. The Hall–Kier alpha value is -1.94. The number of hydrogen-bond acceptors (Lipinski definition) is 2. The van der Waals surface area contributed by atoms with Crippen molar-refractivity contribution in [3.63, 3.8) is 0 Å². The van der Waals surface area contributed by atoms with Gasteiger partial charge in [-0.25, -0.2) is 0 Å². The third-order valence-electron chi connectivity index (χ3n) is 3.84. The summed E-state index contributed by atoms with van der Waals surface area (Å²) >= 11 is -0.290. The Balaban J connectivity index is 1.30. The quantitative estimate of drug-likeness (QED) is 0.293. The molecule has 0 heterocycles. The first-order chi connectivity index (χ1) is 13.8. The van der Waals surface area contributed by atoms with Crippen LogP contribution in [0.5, 0.6) is 23.0 Å². The molecule has 4 aromatic rings. The second-order valence-electron chi connectivity index (χ2n) is 5.94. The zero-order valence-electron chi connectivity index (χ0n) is 15.0. The predicted octanol–water partition coefficient (Wildman–Crippen LogP) is 4.55. The fourth-order valence-electron chi connectivity index (χ4n) is 2.47. The molecule has 0 aromatic heterocycles. The van der Waals surface area contributed by atoms with Gasteiger partial charge in [-0.3, -0.25) is 0 Å². The van der Waals surface area contributed by atoms with Gasteiger partial charge in [0.1, 0.15) is 0 Å². The summed E-state index contributed by atoms with van der Waals surface area (Å²) in [4.78, 5) is 0. The minimum atomic E-state index is -0.145. The van der Waals surface area contributed by atoms with E-state index in [0.717, 1.165) is 23.0 Å². The van der Waals surface area contributed by atoms with Gasteiger partial charge in [0.05, 0.1) is 0 Å². The fourth-order valence-corrected chi connectivity index (χ4v) is 12.4. The van der Waals surface area contributed by atoms with Crippen molar-refractivity contribution < 1.29 is 9.47 Å². The van der Waals surface area contributed by atoms with Crippen molar-refractivity contribution in [3.8, 4) is 23.0 Å². The van der Waals surface area contributed by atoms with Gasteiger partial charge in [0, 0.05) is 0 Å². The molecule has 0 aliphatic carbocycles. The minimum absolute atomic E-state index is 0.145. The van der Waals surface area contributed by atoms with Crippen LogP contribution in [0.25, 0.3) is 0 Å². The molecule has 0 fully saturated rings. The summed E-state index contributed by atoms with van der Waals surface area (Å²) < 4.78 is 14.7. The van der Waals surface area contributed by atoms with Gasteiger partial charge in [-0.05, 0) is 0 Å². The Bertz CT molecular complexity index is 901. The zero-order valence-corrected chi connectivity index (χ0v) is 19.7. The third-order valence-corrected chi connectivity index (χ3v) is 15.7. The van der Waals surface area contributed by atoms with Gasteiger partial charge >= 0.3 is 183 Å². The van der Waals surface area contributed by atoms with Gasteiger partial charge in [-0.15, -0.1) is 0 Å². The Morgan fingerprint density at radius 2 is 0.679 bits per heavy atom. The molecular formula is C24H18O2Te2. The fraction of sp³-hybridized carbons (Fsp3) is 0. The molecule has 0 aliphatic rings. The van der Waals surface area contributed by atoms with E-state index in [1.807, 2.05) is 60.7 Å². The molecule has 0 amide bonds. The topological polar surface area (TPSA) is 18.5 Å². The summed E-state index contributed by atoms with van der Waals surface area (Å²) in [6.45, 7) is 0. The Labute approximate surface area is 181 Å². The monoisotopic (exact) mass is 598 g/mol. The summed E-state index contributed by atoms with van der Waals surface area (Å²) in [7, 11) is 0. The number of hydrogen-bond donors (Lipinski definition) is 0. The van der Waals surface area contributed by atoms with Crippen molar-refractivity contribution in [1.29, 1.82) is 0 Å². The molecule has 0 saturated heterocycles. The van der Waals surface area contributed by atoms with E-state index in [-0.39, 0.29) is 34.1 Å². The molecule has 0 N–H and O–H groups in total. The van der Waals surface area contributed by atoms with E-state index in [0.29, 0.717) is 0 Å². The van der Waals surface area contributed by atoms with Crippen molar-refractivity contribution in [2.24, 2.45) is 0 Å². The van der Waals surface area contributed by atoms with Crippen LogP contribution in [0.4, 0.5) is 0 Å². The molecule has 4 rings (SSSR count). The van der Waals surface area contributed by atoms with Crippen LogP contribution in [0.15, 0.2) is 109 Å². The van der Waals surface area contributed by atoms with E-state index < -0.39 is 0 Å². The van der Waals surface area contributed by atoms with Gasteiger partial charge in [0.2, 0.25) is 0 Å². The summed E-state index contributed by atoms with van der Waals surface area (Å²) in [5.41, 5.74) is 0. The molecule has 0 atom stereocenters. The third kappa shape index (κ3) is 5.78. The maximum absolute atomic E-state index is 5.87. The Morgan fingerprint density at radius 3 is 1.04 bits per heavy atom. The van der Waals surface area contributed by atoms with E-state index in [4.69, 9.17) is 9.47 Å². The van der Waals surface area contributed by atoms with Gasteiger partial charge in [-0.2, -0.15) is 0 Å². The predicted molar refractivity (Wildman–Crippen MR) is 117 cm³/mol. The van der Waals surface area contributed by atoms with E-state index in [9.17, 15) is 0 Å². The van der Waals surface area contributed by atoms with Crippen LogP contribution in [0.2, 0.25) is 0 Å². The van der Waals surface area contributed by atoms with E-state index in [1.54, 1.807) is 0 Å². The number of ether oxygens (including phenoxy) is 2. The summed E-state index contributed by atoms with van der Waals surface area (Å²) in [5.74, 6) is 3.53. The average molecular weight is 594 g/mol. The Kier molecular flexibility index (Phi) is 6.93. The number of benzene rings is 4. The van der Waals surface area contributed by atoms with Gasteiger partial charge in [0.15, 0.2) is 0 Å². The summed E-state index contributed by atoms with van der Waals surface area (Å²) in [5, 5.41) is 0. The van der Waals surface area contributed by atoms with Gasteiger partial charge < -0.3 is 0 Å². The second-order valence-corrected chi connectivity index (χ2v) is 16.0. The Morgan fingerprint density at radius 1 is 0.357 bits per heavy atom. The first-order valence-corrected chi connectivity index (χ1v) is 18.5. The van der Waals surface area contributed by atoms with E-state index in [1.165, 1.54) is 7.22 Å². The molecule has 4 aromatic carbocycles. The van der Waals surface area contributed by atoms with Crippen molar-refractivity contribution in [3.05, 3.63) is 109 Å². The second kappa shape index (κ2) is 10.0. The molecule has 0 aliphatic heterocycles. The van der Waals surface area contributed by atoms with E-state index >= 15 is 0 Å². The normalized spacial score (nSPS) is 10.4. The van der Waals surface area contributed by atoms with Crippen LogP contribution in [-0.4, -0.2) is 34.1 Å². The van der Waals surface area contributed by atoms with Crippen LogP contribution < -0.4 is 16.7 Å². The van der Waals surface area contributed by atoms with Crippen LogP contribution in [0.1, 0.15) is 0 Å². The molecule has 4 heteroatoms. The van der Waals surface area contributed by atoms with Gasteiger partial charge in [0.25, 0.3) is 0 Å². The summed E-state index contributed by atoms with van der Waals surface area (Å²) in [6.07, 6.45) is 0. The molecule has 0 radical (unpaired) electrons. The molecule has 138 valence electrons.